The largest absolute Gasteiger partial charge is 0.361 e. The molecule has 2 N–H and O–H groups in total. The molecule has 0 saturated carbocycles. The van der Waals surface area contributed by atoms with Crippen molar-refractivity contribution in [2.45, 2.75) is 6.54 Å². The number of rotatable bonds is 3. The predicted molar refractivity (Wildman–Crippen MR) is 70.0 cm³/mol. The Kier molecular flexibility index (Phi) is 2.62. The zero-order valence-electron chi connectivity index (χ0n) is 9.40. The molecule has 2 aromatic heterocycles. The summed E-state index contributed by atoms with van der Waals surface area (Å²) >= 11 is 1.63. The lowest BCUT2D eigenvalue weighted by Gasteiger charge is -1.95. The first-order valence-corrected chi connectivity index (χ1v) is 6.23. The van der Waals surface area contributed by atoms with Gasteiger partial charge in [-0.3, -0.25) is 0 Å². The minimum atomic E-state index is 0.768. The number of nitrogens with one attached hydrogen (secondary N) is 2. The number of aromatic amines is 1. The van der Waals surface area contributed by atoms with E-state index in [0.29, 0.717) is 0 Å². The Morgan fingerprint density at radius 2 is 2.24 bits per heavy atom. The van der Waals surface area contributed by atoms with Crippen LogP contribution in [0.4, 0.5) is 0 Å². The molecule has 0 spiro atoms. The number of hydrogen-bond acceptors (Lipinski definition) is 4. The second kappa shape index (κ2) is 4.27. The predicted octanol–water partition coefficient (Wildman–Crippen LogP) is 2.41. The van der Waals surface area contributed by atoms with E-state index in [2.05, 4.69) is 44.8 Å². The van der Waals surface area contributed by atoms with Gasteiger partial charge in [0.2, 0.25) is 0 Å². The van der Waals surface area contributed by atoms with Crippen LogP contribution in [0, 0.1) is 0 Å². The third-order valence-electron chi connectivity index (χ3n) is 2.60. The Hall–Kier alpha value is -1.72. The second-order valence-corrected chi connectivity index (χ2v) is 4.87. The lowest BCUT2D eigenvalue weighted by molar-refractivity contribution is 0.795. The van der Waals surface area contributed by atoms with Crippen molar-refractivity contribution in [3.8, 4) is 10.6 Å². The maximum atomic E-state index is 4.21. The molecular weight excluding hydrogens is 232 g/mol. The van der Waals surface area contributed by atoms with E-state index in [-0.39, 0.29) is 0 Å². The van der Waals surface area contributed by atoms with Crippen LogP contribution in [0.25, 0.3) is 21.5 Å². The van der Waals surface area contributed by atoms with Crippen LogP contribution in [0.1, 0.15) is 5.01 Å². The van der Waals surface area contributed by atoms with Crippen molar-refractivity contribution >= 4 is 22.2 Å². The molecule has 1 aromatic carbocycles. The molecule has 0 aliphatic heterocycles. The zero-order chi connectivity index (χ0) is 11.7. The number of fused-ring (bicyclic) bond motifs is 1. The molecular formula is C12H12N4S. The summed E-state index contributed by atoms with van der Waals surface area (Å²) < 4.78 is 0. The van der Waals surface area contributed by atoms with Crippen LogP contribution < -0.4 is 5.32 Å². The van der Waals surface area contributed by atoms with E-state index in [0.717, 1.165) is 27.6 Å². The van der Waals surface area contributed by atoms with E-state index in [1.165, 1.54) is 5.39 Å². The molecule has 0 fully saturated rings. The van der Waals surface area contributed by atoms with Gasteiger partial charge < -0.3 is 10.3 Å². The third kappa shape index (κ3) is 1.94. The minimum absolute atomic E-state index is 0.768. The standard InChI is InChI=1S/C12H12N4S/c1-13-7-11-15-16-12(17-11)9-2-3-10-8(6-9)4-5-14-10/h2-6,13-14H,7H2,1H3. The molecule has 0 aliphatic rings. The molecule has 3 aromatic rings. The van der Waals surface area contributed by atoms with Gasteiger partial charge in [-0.25, -0.2) is 0 Å². The normalized spacial score (nSPS) is 11.1. The molecule has 0 bridgehead atoms. The third-order valence-corrected chi connectivity index (χ3v) is 3.57. The van der Waals surface area contributed by atoms with Gasteiger partial charge in [0, 0.05) is 29.2 Å². The molecule has 0 saturated heterocycles. The molecule has 17 heavy (non-hydrogen) atoms. The molecule has 0 radical (unpaired) electrons. The number of H-pyrrole nitrogens is 1. The topological polar surface area (TPSA) is 53.6 Å². The average molecular weight is 244 g/mol. The zero-order valence-corrected chi connectivity index (χ0v) is 10.2. The summed E-state index contributed by atoms with van der Waals surface area (Å²) in [4.78, 5) is 3.18. The van der Waals surface area contributed by atoms with Crippen LogP contribution in [-0.4, -0.2) is 22.2 Å². The lowest BCUT2D eigenvalue weighted by Crippen LogP contribution is -2.04. The van der Waals surface area contributed by atoms with Crippen molar-refractivity contribution in [3.63, 3.8) is 0 Å². The number of aromatic nitrogens is 3. The summed E-state index contributed by atoms with van der Waals surface area (Å²) in [6.45, 7) is 0.768. The molecule has 0 unspecified atom stereocenters. The number of nitrogens with zero attached hydrogens (tertiary/aromatic N) is 2. The monoisotopic (exact) mass is 244 g/mol. The quantitative estimate of drug-likeness (QED) is 0.744. The van der Waals surface area contributed by atoms with Crippen LogP contribution in [0.3, 0.4) is 0 Å². The number of hydrogen-bond donors (Lipinski definition) is 2. The van der Waals surface area contributed by atoms with Crippen LogP contribution >= 0.6 is 11.3 Å². The SMILES string of the molecule is CNCc1nnc(-c2ccc3[nH]ccc3c2)s1. The highest BCUT2D eigenvalue weighted by molar-refractivity contribution is 7.14. The summed E-state index contributed by atoms with van der Waals surface area (Å²) in [5.41, 5.74) is 2.27. The summed E-state index contributed by atoms with van der Waals surface area (Å²) in [6.07, 6.45) is 1.95. The summed E-state index contributed by atoms with van der Waals surface area (Å²) in [7, 11) is 1.91. The Morgan fingerprint density at radius 3 is 3.12 bits per heavy atom. The van der Waals surface area contributed by atoms with Gasteiger partial charge in [-0.2, -0.15) is 0 Å². The average Bonchev–Trinajstić information content (AvgIpc) is 2.96. The fourth-order valence-electron chi connectivity index (χ4n) is 1.78. The van der Waals surface area contributed by atoms with Gasteiger partial charge in [0.25, 0.3) is 0 Å². The molecule has 5 heteroatoms. The van der Waals surface area contributed by atoms with Crippen LogP contribution in [-0.2, 0) is 6.54 Å². The van der Waals surface area contributed by atoms with Crippen molar-refractivity contribution in [2.24, 2.45) is 0 Å². The first-order valence-electron chi connectivity index (χ1n) is 5.41. The van der Waals surface area contributed by atoms with Gasteiger partial charge in [0.05, 0.1) is 0 Å². The van der Waals surface area contributed by atoms with Crippen LogP contribution in [0.15, 0.2) is 30.5 Å². The van der Waals surface area contributed by atoms with Crippen molar-refractivity contribution in [1.82, 2.24) is 20.5 Å². The van der Waals surface area contributed by atoms with E-state index < -0.39 is 0 Å². The highest BCUT2D eigenvalue weighted by Crippen LogP contribution is 2.26. The van der Waals surface area contributed by atoms with Crippen LogP contribution in [0.2, 0.25) is 0 Å². The Morgan fingerprint density at radius 1 is 1.29 bits per heavy atom. The maximum Gasteiger partial charge on any atom is 0.147 e. The van der Waals surface area contributed by atoms with Crippen LogP contribution in [0.5, 0.6) is 0 Å². The fraction of sp³-hybridized carbons (Fsp3) is 0.167. The van der Waals surface area contributed by atoms with Gasteiger partial charge in [0.1, 0.15) is 10.0 Å². The molecule has 0 atom stereocenters. The second-order valence-electron chi connectivity index (χ2n) is 3.81. The van der Waals surface area contributed by atoms with E-state index >= 15 is 0 Å². The van der Waals surface area contributed by atoms with E-state index in [4.69, 9.17) is 0 Å². The van der Waals surface area contributed by atoms with Gasteiger partial charge in [-0.05, 0) is 31.3 Å². The molecule has 3 rings (SSSR count). The molecule has 0 amide bonds. The van der Waals surface area contributed by atoms with E-state index in [1.807, 2.05) is 13.2 Å². The summed E-state index contributed by atoms with van der Waals surface area (Å²) in [5, 5.41) is 14.6. The summed E-state index contributed by atoms with van der Waals surface area (Å²) in [5.74, 6) is 0. The minimum Gasteiger partial charge on any atom is -0.361 e. The highest BCUT2D eigenvalue weighted by Gasteiger charge is 2.06. The Balaban J connectivity index is 2.00. The van der Waals surface area contributed by atoms with Crippen molar-refractivity contribution < 1.29 is 0 Å². The number of benzene rings is 1. The van der Waals surface area contributed by atoms with Crippen molar-refractivity contribution in [2.75, 3.05) is 7.05 Å². The molecule has 4 nitrogen and oxygen atoms in total. The fourth-order valence-corrected chi connectivity index (χ4v) is 2.63. The van der Waals surface area contributed by atoms with Gasteiger partial charge in [-0.15, -0.1) is 10.2 Å². The first-order chi connectivity index (χ1) is 8.36. The Bertz CT molecular complexity index is 641. The molecule has 0 aliphatic carbocycles. The first kappa shape index (κ1) is 10.4. The smallest absolute Gasteiger partial charge is 0.147 e. The molecule has 86 valence electrons. The maximum absolute atomic E-state index is 4.21. The van der Waals surface area contributed by atoms with Gasteiger partial charge in [0.15, 0.2) is 0 Å². The lowest BCUT2D eigenvalue weighted by atomic mass is 10.2. The van der Waals surface area contributed by atoms with Gasteiger partial charge >= 0.3 is 0 Å². The Labute approximate surface area is 103 Å². The van der Waals surface area contributed by atoms with Crippen molar-refractivity contribution in [3.05, 3.63) is 35.5 Å². The van der Waals surface area contributed by atoms with E-state index in [9.17, 15) is 0 Å². The van der Waals surface area contributed by atoms with Crippen molar-refractivity contribution in [1.29, 1.82) is 0 Å². The van der Waals surface area contributed by atoms with E-state index in [1.54, 1.807) is 11.3 Å². The van der Waals surface area contributed by atoms with Gasteiger partial charge in [-0.1, -0.05) is 11.3 Å². The molecule has 2 heterocycles. The highest BCUT2D eigenvalue weighted by atomic mass is 32.1. The summed E-state index contributed by atoms with van der Waals surface area (Å²) in [6, 6.07) is 8.34.